The molecule has 0 aromatic heterocycles. The molecule has 3 atom stereocenters. The zero-order valence-corrected chi connectivity index (χ0v) is 7.36. The lowest BCUT2D eigenvalue weighted by Crippen LogP contribution is -2.38. The number of Topliss-reactive ketones (excluding diaryl/α,β-unsaturated/α-hetero) is 1. The minimum atomic E-state index is -0.692. The molecule has 3 heteroatoms. The van der Waals surface area contributed by atoms with Gasteiger partial charge in [-0.3, -0.25) is 0 Å². The highest BCUT2D eigenvalue weighted by Gasteiger charge is 2.30. The van der Waals surface area contributed by atoms with Crippen LogP contribution in [0.2, 0.25) is 0 Å². The lowest BCUT2D eigenvalue weighted by molar-refractivity contribution is -0.121. The molecule has 0 saturated heterocycles. The highest BCUT2D eigenvalue weighted by Crippen LogP contribution is 2.27. The molecule has 1 saturated carbocycles. The van der Waals surface area contributed by atoms with Gasteiger partial charge in [-0.25, -0.2) is 0 Å². The number of carbonyl (C=O) groups is 1. The van der Waals surface area contributed by atoms with Crippen LogP contribution in [0.25, 0.3) is 0 Å². The summed E-state index contributed by atoms with van der Waals surface area (Å²) in [4.78, 5) is 10.8. The molecule has 1 aliphatic rings. The van der Waals surface area contributed by atoms with Gasteiger partial charge in [0, 0.05) is 6.42 Å². The van der Waals surface area contributed by atoms with Crippen molar-refractivity contribution in [1.82, 2.24) is 0 Å². The van der Waals surface area contributed by atoms with Gasteiger partial charge in [-0.1, -0.05) is 6.42 Å². The molecule has 0 aliphatic heterocycles. The van der Waals surface area contributed by atoms with Crippen LogP contribution < -0.4 is 0 Å². The summed E-state index contributed by atoms with van der Waals surface area (Å²) in [6.07, 6.45) is 1.52. The summed E-state index contributed by atoms with van der Waals surface area (Å²) in [5.74, 6) is 0.0689. The second kappa shape index (κ2) is 4.01. The molecule has 0 aromatic carbocycles. The Labute approximate surface area is 72.4 Å². The van der Waals surface area contributed by atoms with E-state index < -0.39 is 12.2 Å². The Hall–Kier alpha value is -0.410. The number of hydrogen-bond acceptors (Lipinski definition) is 3. The Bertz CT molecular complexity index is 167. The van der Waals surface area contributed by atoms with Gasteiger partial charge >= 0.3 is 0 Å². The molecule has 0 amide bonds. The first-order chi connectivity index (χ1) is 5.61. The summed E-state index contributed by atoms with van der Waals surface area (Å²) in [5, 5.41) is 18.8. The minimum absolute atomic E-state index is 0.0220. The van der Waals surface area contributed by atoms with E-state index in [4.69, 9.17) is 0 Å². The van der Waals surface area contributed by atoms with Crippen molar-refractivity contribution >= 4 is 5.78 Å². The predicted molar refractivity (Wildman–Crippen MR) is 44.7 cm³/mol. The summed E-state index contributed by atoms with van der Waals surface area (Å²) in [6, 6.07) is 0. The van der Waals surface area contributed by atoms with Gasteiger partial charge in [0.15, 0.2) is 0 Å². The van der Waals surface area contributed by atoms with E-state index in [0.29, 0.717) is 12.8 Å². The summed E-state index contributed by atoms with van der Waals surface area (Å²) >= 11 is 0. The van der Waals surface area contributed by atoms with Gasteiger partial charge in [0.05, 0.1) is 12.2 Å². The van der Waals surface area contributed by atoms with E-state index in [1.54, 1.807) is 0 Å². The summed E-state index contributed by atoms with van der Waals surface area (Å²) in [6.45, 7) is 1.52. The molecular weight excluding hydrogens is 156 g/mol. The third-order valence-electron chi connectivity index (χ3n) is 2.50. The van der Waals surface area contributed by atoms with Crippen molar-refractivity contribution in [2.45, 2.75) is 44.8 Å². The maximum Gasteiger partial charge on any atom is 0.130 e. The maximum atomic E-state index is 10.8. The number of rotatable bonds is 2. The van der Waals surface area contributed by atoms with Crippen LogP contribution in [0, 0.1) is 5.92 Å². The average molecular weight is 172 g/mol. The number of carbonyl (C=O) groups excluding carboxylic acids is 1. The molecule has 12 heavy (non-hydrogen) atoms. The topological polar surface area (TPSA) is 57.5 Å². The molecule has 1 rings (SSSR count). The van der Waals surface area contributed by atoms with Gasteiger partial charge in [0.1, 0.15) is 5.78 Å². The zero-order valence-electron chi connectivity index (χ0n) is 7.36. The Balaban J connectivity index is 2.46. The Morgan fingerprint density at radius 3 is 2.67 bits per heavy atom. The Kier molecular flexibility index (Phi) is 3.23. The summed E-state index contributed by atoms with van der Waals surface area (Å²) in [7, 11) is 0. The first-order valence-corrected chi connectivity index (χ1v) is 4.47. The number of ketones is 1. The predicted octanol–water partition coefficient (Wildman–Crippen LogP) is 0.487. The lowest BCUT2D eigenvalue weighted by atomic mass is 9.82. The Morgan fingerprint density at radius 2 is 2.08 bits per heavy atom. The van der Waals surface area contributed by atoms with E-state index in [2.05, 4.69) is 0 Å². The van der Waals surface area contributed by atoms with Crippen molar-refractivity contribution in [3.05, 3.63) is 0 Å². The third-order valence-corrected chi connectivity index (χ3v) is 2.50. The largest absolute Gasteiger partial charge is 0.390 e. The van der Waals surface area contributed by atoms with Crippen LogP contribution in [0.5, 0.6) is 0 Å². The van der Waals surface area contributed by atoms with Crippen LogP contribution in [0.15, 0.2) is 0 Å². The minimum Gasteiger partial charge on any atom is -0.390 e. The fourth-order valence-corrected chi connectivity index (χ4v) is 1.84. The number of aliphatic hydroxyl groups excluding tert-OH is 2. The molecule has 0 bridgehead atoms. The standard InChI is InChI=1S/C9H16O3/c1-6(10)5-7-3-2-4-8(11)9(7)12/h7-9,11-12H,2-5H2,1H3. The van der Waals surface area contributed by atoms with Crippen LogP contribution in [0.4, 0.5) is 0 Å². The highest BCUT2D eigenvalue weighted by atomic mass is 16.3. The van der Waals surface area contributed by atoms with Crippen LogP contribution in [0.3, 0.4) is 0 Å². The van der Waals surface area contributed by atoms with Crippen LogP contribution in [0.1, 0.15) is 32.6 Å². The molecule has 3 nitrogen and oxygen atoms in total. The third kappa shape index (κ3) is 2.29. The Morgan fingerprint density at radius 1 is 1.42 bits per heavy atom. The van der Waals surface area contributed by atoms with Crippen molar-refractivity contribution in [2.24, 2.45) is 5.92 Å². The first-order valence-electron chi connectivity index (χ1n) is 4.47. The first kappa shape index (κ1) is 9.68. The molecule has 1 fully saturated rings. The van der Waals surface area contributed by atoms with E-state index in [0.717, 1.165) is 12.8 Å². The second-order valence-corrected chi connectivity index (χ2v) is 3.66. The van der Waals surface area contributed by atoms with Crippen LogP contribution in [-0.2, 0) is 4.79 Å². The second-order valence-electron chi connectivity index (χ2n) is 3.66. The summed E-state index contributed by atoms with van der Waals surface area (Å²) < 4.78 is 0. The van der Waals surface area contributed by atoms with Crippen LogP contribution in [-0.4, -0.2) is 28.2 Å². The molecular formula is C9H16O3. The van der Waals surface area contributed by atoms with Gasteiger partial charge in [0.25, 0.3) is 0 Å². The van der Waals surface area contributed by atoms with E-state index in [9.17, 15) is 15.0 Å². The smallest absolute Gasteiger partial charge is 0.130 e. The maximum absolute atomic E-state index is 10.8. The normalized spacial score (nSPS) is 36.4. The lowest BCUT2D eigenvalue weighted by Gasteiger charge is -2.31. The molecule has 0 aromatic rings. The van der Waals surface area contributed by atoms with E-state index in [-0.39, 0.29) is 11.7 Å². The molecule has 3 unspecified atom stereocenters. The van der Waals surface area contributed by atoms with Gasteiger partial charge in [-0.2, -0.15) is 0 Å². The summed E-state index contributed by atoms with van der Waals surface area (Å²) in [5.41, 5.74) is 0. The molecule has 70 valence electrons. The molecule has 2 N–H and O–H groups in total. The SMILES string of the molecule is CC(=O)CC1CCCC(O)C1O. The van der Waals surface area contributed by atoms with Crippen molar-refractivity contribution in [3.8, 4) is 0 Å². The van der Waals surface area contributed by atoms with Crippen molar-refractivity contribution in [2.75, 3.05) is 0 Å². The monoisotopic (exact) mass is 172 g/mol. The van der Waals surface area contributed by atoms with Crippen molar-refractivity contribution in [3.63, 3.8) is 0 Å². The molecule has 0 heterocycles. The van der Waals surface area contributed by atoms with Crippen molar-refractivity contribution < 1.29 is 15.0 Å². The highest BCUT2D eigenvalue weighted by molar-refractivity contribution is 5.75. The van der Waals surface area contributed by atoms with Gasteiger partial charge in [0.2, 0.25) is 0 Å². The zero-order chi connectivity index (χ0) is 9.14. The molecule has 1 aliphatic carbocycles. The van der Waals surface area contributed by atoms with E-state index in [1.807, 2.05) is 0 Å². The average Bonchev–Trinajstić information content (AvgIpc) is 1.98. The fourth-order valence-electron chi connectivity index (χ4n) is 1.84. The van der Waals surface area contributed by atoms with Gasteiger partial charge in [-0.15, -0.1) is 0 Å². The molecule has 0 radical (unpaired) electrons. The van der Waals surface area contributed by atoms with Gasteiger partial charge in [-0.05, 0) is 25.7 Å². The van der Waals surface area contributed by atoms with E-state index >= 15 is 0 Å². The number of aliphatic hydroxyl groups is 2. The van der Waals surface area contributed by atoms with Gasteiger partial charge < -0.3 is 15.0 Å². The van der Waals surface area contributed by atoms with Crippen molar-refractivity contribution in [1.29, 1.82) is 0 Å². The quantitative estimate of drug-likeness (QED) is 0.637. The van der Waals surface area contributed by atoms with E-state index in [1.165, 1.54) is 6.92 Å². The van der Waals surface area contributed by atoms with Crippen LogP contribution >= 0.6 is 0 Å². The number of hydrogen-bond donors (Lipinski definition) is 2. The molecule has 0 spiro atoms. The fraction of sp³-hybridized carbons (Fsp3) is 0.889.